The minimum Gasteiger partial charge on any atom is -0.379 e. The van der Waals surface area contributed by atoms with Crippen molar-refractivity contribution in [1.82, 2.24) is 19.7 Å². The van der Waals surface area contributed by atoms with Gasteiger partial charge in [-0.3, -0.25) is 9.80 Å². The number of hydrogen-bond acceptors (Lipinski definition) is 4. The molecule has 0 unspecified atom stereocenters. The van der Waals surface area contributed by atoms with Crippen LogP contribution in [0, 0.1) is 5.82 Å². The van der Waals surface area contributed by atoms with Gasteiger partial charge in [-0.2, -0.15) is 0 Å². The van der Waals surface area contributed by atoms with Gasteiger partial charge in [0.05, 0.1) is 13.2 Å². The summed E-state index contributed by atoms with van der Waals surface area (Å²) < 4.78 is 19.3. The van der Waals surface area contributed by atoms with Gasteiger partial charge in [-0.25, -0.2) is 4.39 Å². The first-order chi connectivity index (χ1) is 15.8. The number of nitrogens with zero attached hydrogens (tertiary/aromatic N) is 3. The highest BCUT2D eigenvalue weighted by molar-refractivity contribution is 5.90. The second kappa shape index (κ2) is 10.1. The number of morpholine rings is 1. The van der Waals surface area contributed by atoms with Crippen molar-refractivity contribution in [2.45, 2.75) is 6.42 Å². The molecule has 6 heteroatoms. The van der Waals surface area contributed by atoms with Crippen LogP contribution in [-0.2, 0) is 11.2 Å². The second-order valence-corrected chi connectivity index (χ2v) is 8.92. The van der Waals surface area contributed by atoms with Crippen molar-refractivity contribution in [3.63, 3.8) is 0 Å². The smallest absolute Gasteiger partial charge is 0.123 e. The lowest BCUT2D eigenvalue weighted by Gasteiger charge is -2.36. The van der Waals surface area contributed by atoms with Gasteiger partial charge in [0.2, 0.25) is 0 Å². The molecule has 2 fully saturated rings. The van der Waals surface area contributed by atoms with Crippen LogP contribution >= 0.6 is 0 Å². The van der Waals surface area contributed by atoms with Crippen molar-refractivity contribution >= 4 is 10.9 Å². The monoisotopic (exact) mass is 436 g/mol. The van der Waals surface area contributed by atoms with Crippen molar-refractivity contribution in [2.24, 2.45) is 0 Å². The summed E-state index contributed by atoms with van der Waals surface area (Å²) in [4.78, 5) is 11.2. The molecule has 0 saturated carbocycles. The van der Waals surface area contributed by atoms with E-state index >= 15 is 0 Å². The summed E-state index contributed by atoms with van der Waals surface area (Å²) in [6, 6.07) is 15.3. The first-order valence-corrected chi connectivity index (χ1v) is 11.9. The van der Waals surface area contributed by atoms with Crippen molar-refractivity contribution in [3.8, 4) is 11.3 Å². The van der Waals surface area contributed by atoms with E-state index in [1.807, 2.05) is 12.1 Å². The van der Waals surface area contributed by atoms with E-state index < -0.39 is 0 Å². The number of nitrogens with one attached hydrogen (secondary N) is 1. The number of hydrogen-bond donors (Lipinski definition) is 1. The second-order valence-electron chi connectivity index (χ2n) is 8.92. The summed E-state index contributed by atoms with van der Waals surface area (Å²) in [5.41, 5.74) is 4.38. The molecular formula is C26H33FN4O. The third-order valence-electron chi connectivity index (χ3n) is 6.91. The van der Waals surface area contributed by atoms with Crippen LogP contribution in [0.3, 0.4) is 0 Å². The maximum atomic E-state index is 13.9. The summed E-state index contributed by atoms with van der Waals surface area (Å²) in [6.45, 7) is 11.7. The van der Waals surface area contributed by atoms with Gasteiger partial charge in [0.25, 0.3) is 0 Å². The average Bonchev–Trinajstić information content (AvgIpc) is 3.21. The van der Waals surface area contributed by atoms with Gasteiger partial charge >= 0.3 is 0 Å². The predicted molar refractivity (Wildman–Crippen MR) is 128 cm³/mol. The predicted octanol–water partition coefficient (Wildman–Crippen LogP) is 3.47. The van der Waals surface area contributed by atoms with Crippen LogP contribution in [0.2, 0.25) is 0 Å². The lowest BCUT2D eigenvalue weighted by atomic mass is 10.0. The molecule has 0 bridgehead atoms. The molecule has 0 amide bonds. The number of ether oxygens (including phenoxy) is 1. The Morgan fingerprint density at radius 3 is 2.22 bits per heavy atom. The Hall–Kier alpha value is -2.25. The molecule has 2 aliphatic rings. The van der Waals surface area contributed by atoms with Gasteiger partial charge in [-0.15, -0.1) is 0 Å². The Kier molecular flexibility index (Phi) is 6.83. The van der Waals surface area contributed by atoms with Crippen LogP contribution in [0.5, 0.6) is 0 Å². The molecule has 3 heterocycles. The van der Waals surface area contributed by atoms with Crippen molar-refractivity contribution < 1.29 is 9.13 Å². The Morgan fingerprint density at radius 2 is 1.47 bits per heavy atom. The van der Waals surface area contributed by atoms with E-state index in [4.69, 9.17) is 4.74 Å². The molecule has 5 rings (SSSR count). The minimum absolute atomic E-state index is 0.194. The van der Waals surface area contributed by atoms with E-state index in [1.165, 1.54) is 17.0 Å². The van der Waals surface area contributed by atoms with Gasteiger partial charge in [-0.1, -0.05) is 30.3 Å². The fraction of sp³-hybridized carbons (Fsp3) is 0.462. The van der Waals surface area contributed by atoms with Crippen molar-refractivity contribution in [3.05, 3.63) is 59.9 Å². The minimum atomic E-state index is -0.194. The highest BCUT2D eigenvalue weighted by Crippen LogP contribution is 2.31. The number of piperazine rings is 1. The SMILES string of the molecule is Fc1cccc(-c2[nH]c3ccccc3c2CCN2CCN(CCN3CCOCC3)CC2)c1. The standard InChI is InChI=1S/C26H33FN4O/c27-22-5-3-4-21(20-22)26-24(23-6-1-2-7-25(23)28-26)8-9-29-10-12-30(13-11-29)14-15-31-16-18-32-19-17-31/h1-7,20,28H,8-19H2. The molecular weight excluding hydrogens is 403 g/mol. The molecule has 2 aromatic carbocycles. The third-order valence-corrected chi connectivity index (χ3v) is 6.91. The molecule has 0 spiro atoms. The van der Waals surface area contributed by atoms with Crippen LogP contribution in [0.4, 0.5) is 4.39 Å². The number of fused-ring (bicyclic) bond motifs is 1. The zero-order valence-corrected chi connectivity index (χ0v) is 18.7. The van der Waals surface area contributed by atoms with Crippen LogP contribution in [0.1, 0.15) is 5.56 Å². The zero-order valence-electron chi connectivity index (χ0n) is 18.7. The summed E-state index contributed by atoms with van der Waals surface area (Å²) in [7, 11) is 0. The lowest BCUT2D eigenvalue weighted by Crippen LogP contribution is -2.49. The van der Waals surface area contributed by atoms with Crippen LogP contribution in [0.25, 0.3) is 22.2 Å². The van der Waals surface area contributed by atoms with Gasteiger partial charge in [0, 0.05) is 81.1 Å². The maximum absolute atomic E-state index is 13.9. The Balaban J connectivity index is 1.20. The average molecular weight is 437 g/mol. The summed E-state index contributed by atoms with van der Waals surface area (Å²) in [5.74, 6) is -0.194. The molecule has 3 aromatic rings. The van der Waals surface area contributed by atoms with E-state index in [9.17, 15) is 4.39 Å². The highest BCUT2D eigenvalue weighted by atomic mass is 19.1. The maximum Gasteiger partial charge on any atom is 0.123 e. The van der Waals surface area contributed by atoms with Gasteiger partial charge in [0.15, 0.2) is 0 Å². The number of para-hydroxylation sites is 1. The van der Waals surface area contributed by atoms with Gasteiger partial charge < -0.3 is 14.6 Å². The topological polar surface area (TPSA) is 34.7 Å². The molecule has 2 aliphatic heterocycles. The first kappa shape index (κ1) is 21.6. The highest BCUT2D eigenvalue weighted by Gasteiger charge is 2.20. The van der Waals surface area contributed by atoms with E-state index in [1.54, 1.807) is 12.1 Å². The molecule has 0 atom stereocenters. The Bertz CT molecular complexity index is 1020. The van der Waals surface area contributed by atoms with Crippen molar-refractivity contribution in [2.75, 3.05) is 72.1 Å². The number of aromatic nitrogens is 1. The molecule has 32 heavy (non-hydrogen) atoms. The molecule has 2 saturated heterocycles. The van der Waals surface area contributed by atoms with Crippen LogP contribution in [-0.4, -0.2) is 91.8 Å². The van der Waals surface area contributed by atoms with Gasteiger partial charge in [0.1, 0.15) is 5.82 Å². The number of halogens is 1. The molecule has 5 nitrogen and oxygen atoms in total. The Morgan fingerprint density at radius 1 is 0.781 bits per heavy atom. The van der Waals surface area contributed by atoms with Gasteiger partial charge in [-0.05, 0) is 30.2 Å². The summed E-state index contributed by atoms with van der Waals surface area (Å²) >= 11 is 0. The first-order valence-electron chi connectivity index (χ1n) is 11.9. The van der Waals surface area contributed by atoms with E-state index in [0.29, 0.717) is 0 Å². The van der Waals surface area contributed by atoms with E-state index in [0.717, 1.165) is 95.3 Å². The number of benzene rings is 2. The fourth-order valence-corrected chi connectivity index (χ4v) is 4.96. The zero-order chi connectivity index (χ0) is 21.8. The van der Waals surface area contributed by atoms with Crippen LogP contribution < -0.4 is 0 Å². The molecule has 1 N–H and O–H groups in total. The molecule has 0 radical (unpaired) electrons. The quantitative estimate of drug-likeness (QED) is 0.615. The fourth-order valence-electron chi connectivity index (χ4n) is 4.96. The molecule has 1 aromatic heterocycles. The van der Waals surface area contributed by atoms with E-state index in [2.05, 4.69) is 37.9 Å². The molecule has 170 valence electrons. The normalized spacial score (nSPS) is 19.0. The number of H-pyrrole nitrogens is 1. The Labute approximate surface area is 189 Å². The molecule has 0 aliphatic carbocycles. The van der Waals surface area contributed by atoms with Crippen molar-refractivity contribution in [1.29, 1.82) is 0 Å². The number of rotatable bonds is 7. The van der Waals surface area contributed by atoms with E-state index in [-0.39, 0.29) is 5.82 Å². The third kappa shape index (κ3) is 5.04. The lowest BCUT2D eigenvalue weighted by molar-refractivity contribution is 0.0300. The summed E-state index contributed by atoms with van der Waals surface area (Å²) in [5, 5.41) is 1.25. The number of aromatic amines is 1. The largest absolute Gasteiger partial charge is 0.379 e. The van der Waals surface area contributed by atoms with Crippen LogP contribution in [0.15, 0.2) is 48.5 Å². The summed E-state index contributed by atoms with van der Waals surface area (Å²) in [6.07, 6.45) is 0.962.